The highest BCUT2D eigenvalue weighted by Crippen LogP contribution is 2.38. The topological polar surface area (TPSA) is 88.9 Å². The monoisotopic (exact) mass is 396 g/mol. The number of aryl methyl sites for hydroxylation is 1. The fourth-order valence-electron chi connectivity index (χ4n) is 3.22. The van der Waals surface area contributed by atoms with E-state index in [1.807, 2.05) is 20.8 Å². The van der Waals surface area contributed by atoms with E-state index in [9.17, 15) is 14.4 Å². The number of carbonyl (C=O) groups excluding carboxylic acids is 3. The second-order valence-corrected chi connectivity index (χ2v) is 9.17. The van der Waals surface area contributed by atoms with Crippen molar-refractivity contribution in [3.05, 3.63) is 16.0 Å². The highest BCUT2D eigenvalue weighted by molar-refractivity contribution is 7.17. The van der Waals surface area contributed by atoms with Gasteiger partial charge in [-0.3, -0.25) is 9.59 Å². The predicted molar refractivity (Wildman–Crippen MR) is 105 cm³/mol. The normalized spacial score (nSPS) is 14.9. The molecule has 150 valence electrons. The maximum atomic E-state index is 12.5. The van der Waals surface area contributed by atoms with E-state index in [-0.39, 0.29) is 30.4 Å². The van der Waals surface area contributed by atoms with E-state index in [0.29, 0.717) is 10.6 Å². The second kappa shape index (κ2) is 8.84. The van der Waals surface area contributed by atoms with Crippen LogP contribution in [0.15, 0.2) is 0 Å². The number of ether oxygens (including phenoxy) is 1. The van der Waals surface area contributed by atoms with Gasteiger partial charge in [-0.05, 0) is 52.0 Å². The molecule has 2 amide bonds. The molecule has 1 heterocycles. The van der Waals surface area contributed by atoms with Gasteiger partial charge in [-0.15, -0.1) is 11.3 Å². The minimum absolute atomic E-state index is 0.102. The summed E-state index contributed by atoms with van der Waals surface area (Å²) in [4.78, 5) is 38.6. The Morgan fingerprint density at radius 3 is 2.37 bits per heavy atom. The van der Waals surface area contributed by atoms with Gasteiger partial charge in [-0.1, -0.05) is 0 Å². The van der Waals surface area contributed by atoms with Crippen LogP contribution in [-0.4, -0.2) is 50.6 Å². The summed E-state index contributed by atoms with van der Waals surface area (Å²) < 4.78 is 4.92. The molecule has 1 aliphatic carbocycles. The summed E-state index contributed by atoms with van der Waals surface area (Å²) in [6, 6.07) is 0. The van der Waals surface area contributed by atoms with Gasteiger partial charge in [0, 0.05) is 10.4 Å². The fourth-order valence-corrected chi connectivity index (χ4v) is 4.51. The zero-order valence-electron chi connectivity index (χ0n) is 16.8. The van der Waals surface area contributed by atoms with Gasteiger partial charge >= 0.3 is 5.97 Å². The number of esters is 1. The maximum absolute atomic E-state index is 12.5. The number of nitrogens with one attached hydrogen (secondary N) is 3. The van der Waals surface area contributed by atoms with E-state index in [1.54, 1.807) is 7.05 Å². The Kier molecular flexibility index (Phi) is 7.00. The Morgan fingerprint density at radius 2 is 1.74 bits per heavy atom. The molecule has 0 aromatic carbocycles. The number of rotatable bonds is 6. The number of carbonyl (C=O) groups is 3. The molecule has 2 rings (SSSR count). The molecule has 0 spiro atoms. The zero-order chi connectivity index (χ0) is 20.2. The smallest absolute Gasteiger partial charge is 0.341 e. The quantitative estimate of drug-likeness (QED) is 0.620. The summed E-state index contributed by atoms with van der Waals surface area (Å²) in [5.41, 5.74) is 1.21. The van der Waals surface area contributed by atoms with E-state index in [0.717, 1.165) is 41.0 Å². The van der Waals surface area contributed by atoms with Crippen LogP contribution in [0.2, 0.25) is 0 Å². The number of quaternary nitrogens is 1. The first-order chi connectivity index (χ1) is 12.6. The van der Waals surface area contributed by atoms with Crippen LogP contribution in [0.3, 0.4) is 0 Å². The first-order valence-corrected chi connectivity index (χ1v) is 10.1. The number of methoxy groups -OCH3 is 1. The van der Waals surface area contributed by atoms with Crippen molar-refractivity contribution in [1.29, 1.82) is 0 Å². The summed E-state index contributed by atoms with van der Waals surface area (Å²) in [5.74, 6) is -0.732. The molecule has 0 radical (unpaired) electrons. The van der Waals surface area contributed by atoms with E-state index < -0.39 is 5.97 Å². The van der Waals surface area contributed by atoms with Gasteiger partial charge in [0.1, 0.15) is 5.00 Å². The molecule has 0 fully saturated rings. The average molecular weight is 397 g/mol. The number of hydrogen-bond donors (Lipinski definition) is 3. The number of thiophene rings is 1. The third-order valence-electron chi connectivity index (χ3n) is 4.25. The summed E-state index contributed by atoms with van der Waals surface area (Å²) in [7, 11) is 3.15. The van der Waals surface area contributed by atoms with Gasteiger partial charge in [0.15, 0.2) is 13.1 Å². The van der Waals surface area contributed by atoms with Crippen molar-refractivity contribution >= 4 is 34.1 Å². The minimum Gasteiger partial charge on any atom is -0.465 e. The van der Waals surface area contributed by atoms with Crippen LogP contribution in [0, 0.1) is 0 Å². The van der Waals surface area contributed by atoms with Crippen molar-refractivity contribution in [3.8, 4) is 0 Å². The van der Waals surface area contributed by atoms with E-state index in [1.165, 1.54) is 18.4 Å². The number of anilines is 1. The van der Waals surface area contributed by atoms with Crippen molar-refractivity contribution in [2.45, 2.75) is 52.0 Å². The van der Waals surface area contributed by atoms with E-state index in [2.05, 4.69) is 10.6 Å². The lowest BCUT2D eigenvalue weighted by molar-refractivity contribution is -0.862. The molecule has 0 aliphatic heterocycles. The van der Waals surface area contributed by atoms with Gasteiger partial charge in [0.05, 0.1) is 19.7 Å². The molecule has 0 saturated heterocycles. The van der Waals surface area contributed by atoms with Crippen LogP contribution >= 0.6 is 11.3 Å². The minimum atomic E-state index is -0.407. The highest BCUT2D eigenvalue weighted by Gasteiger charge is 2.27. The SMILES string of the molecule is COC(=O)c1c(NC(=O)C[NH+](C)CC(=O)NC(C)(C)C)sc2c1CCCC2. The van der Waals surface area contributed by atoms with Gasteiger partial charge < -0.3 is 20.3 Å². The average Bonchev–Trinajstić information content (AvgIpc) is 2.89. The third kappa shape index (κ3) is 6.04. The largest absolute Gasteiger partial charge is 0.465 e. The standard InChI is InChI=1S/C19H29N3O4S/c1-19(2,3)21-15(24)11-22(4)10-14(23)20-17-16(18(25)26-5)12-8-6-7-9-13(12)27-17/h6-11H2,1-5H3,(H,20,23)(H,21,24)/p+1. The lowest BCUT2D eigenvalue weighted by Gasteiger charge is -2.21. The molecule has 1 unspecified atom stereocenters. The molecule has 0 saturated carbocycles. The number of hydrogen-bond acceptors (Lipinski definition) is 5. The highest BCUT2D eigenvalue weighted by atomic mass is 32.1. The first kappa shape index (κ1) is 21.4. The van der Waals surface area contributed by atoms with Crippen LogP contribution in [-0.2, 0) is 27.2 Å². The summed E-state index contributed by atoms with van der Waals surface area (Å²) in [6.45, 7) is 6.09. The van der Waals surface area contributed by atoms with Crippen molar-refractivity contribution in [1.82, 2.24) is 5.32 Å². The van der Waals surface area contributed by atoms with Crippen molar-refractivity contribution in [3.63, 3.8) is 0 Å². The number of amides is 2. The molecule has 27 heavy (non-hydrogen) atoms. The number of likely N-dealkylation sites (N-methyl/N-ethyl adjacent to an activating group) is 1. The van der Waals surface area contributed by atoms with Crippen LogP contribution in [0.5, 0.6) is 0 Å². The second-order valence-electron chi connectivity index (χ2n) is 8.06. The van der Waals surface area contributed by atoms with Crippen molar-refractivity contribution in [2.24, 2.45) is 0 Å². The van der Waals surface area contributed by atoms with Crippen LogP contribution in [0.4, 0.5) is 5.00 Å². The van der Waals surface area contributed by atoms with Crippen molar-refractivity contribution < 1.29 is 24.0 Å². The lowest BCUT2D eigenvalue weighted by atomic mass is 9.95. The Balaban J connectivity index is 2.02. The number of fused-ring (bicyclic) bond motifs is 1. The molecule has 1 aliphatic rings. The maximum Gasteiger partial charge on any atom is 0.341 e. The van der Waals surface area contributed by atoms with Gasteiger partial charge in [-0.25, -0.2) is 4.79 Å². The molecule has 1 aromatic heterocycles. The van der Waals surface area contributed by atoms with Crippen molar-refractivity contribution in [2.75, 3.05) is 32.6 Å². The third-order valence-corrected chi connectivity index (χ3v) is 5.46. The fraction of sp³-hybridized carbons (Fsp3) is 0.632. The molecular formula is C19H30N3O4S+. The van der Waals surface area contributed by atoms with Gasteiger partial charge in [0.25, 0.3) is 11.8 Å². The lowest BCUT2D eigenvalue weighted by Crippen LogP contribution is -3.11. The summed E-state index contributed by atoms with van der Waals surface area (Å²) >= 11 is 1.46. The van der Waals surface area contributed by atoms with Crippen LogP contribution in [0.25, 0.3) is 0 Å². The van der Waals surface area contributed by atoms with Gasteiger partial charge in [-0.2, -0.15) is 0 Å². The molecule has 1 atom stereocenters. The predicted octanol–water partition coefficient (Wildman–Crippen LogP) is 0.781. The molecule has 3 N–H and O–H groups in total. The van der Waals surface area contributed by atoms with Gasteiger partial charge in [0.2, 0.25) is 0 Å². The Morgan fingerprint density at radius 1 is 1.11 bits per heavy atom. The molecular weight excluding hydrogens is 366 g/mol. The first-order valence-electron chi connectivity index (χ1n) is 9.25. The van der Waals surface area contributed by atoms with Crippen LogP contribution < -0.4 is 15.5 Å². The zero-order valence-corrected chi connectivity index (χ0v) is 17.6. The van der Waals surface area contributed by atoms with Crippen LogP contribution in [0.1, 0.15) is 54.4 Å². The molecule has 1 aromatic rings. The Bertz CT molecular complexity index is 721. The summed E-state index contributed by atoms with van der Waals surface area (Å²) in [6.07, 6.45) is 3.90. The molecule has 7 nitrogen and oxygen atoms in total. The molecule has 0 bridgehead atoms. The van der Waals surface area contributed by atoms with E-state index >= 15 is 0 Å². The Hall–Kier alpha value is -1.93. The Labute approximate surface area is 164 Å². The summed E-state index contributed by atoms with van der Waals surface area (Å²) in [5, 5.41) is 6.31. The molecule has 8 heteroatoms. The van der Waals surface area contributed by atoms with E-state index in [4.69, 9.17) is 4.74 Å².